The van der Waals surface area contributed by atoms with Crippen molar-refractivity contribution in [1.29, 1.82) is 0 Å². The third kappa shape index (κ3) is 5.40. The van der Waals surface area contributed by atoms with Crippen LogP contribution in [-0.2, 0) is 0 Å². The van der Waals surface area contributed by atoms with E-state index in [-0.39, 0.29) is 0 Å². The number of carboxylic acid groups (broad SMARTS) is 1. The predicted molar refractivity (Wildman–Crippen MR) is 180 cm³/mol. The van der Waals surface area contributed by atoms with Crippen molar-refractivity contribution in [1.82, 2.24) is 0 Å². The van der Waals surface area contributed by atoms with Gasteiger partial charge in [-0.05, 0) is 72.2 Å². The summed E-state index contributed by atoms with van der Waals surface area (Å²) in [5.41, 5.74) is 13.9. The molecule has 0 unspecified atom stereocenters. The molecule has 0 bridgehead atoms. The Morgan fingerprint density at radius 1 is 0.372 bits per heavy atom. The van der Waals surface area contributed by atoms with Gasteiger partial charge in [0.15, 0.2) is 0 Å². The van der Waals surface area contributed by atoms with Crippen LogP contribution in [0.4, 0.5) is 0 Å². The summed E-state index contributed by atoms with van der Waals surface area (Å²) in [6.45, 7) is 8.29. The third-order valence-electron chi connectivity index (χ3n) is 8.14. The Kier molecular flexibility index (Phi) is 7.52. The molecular weight excluding hydrogens is 524 g/mol. The second kappa shape index (κ2) is 11.6. The topological polar surface area (TPSA) is 37.3 Å². The molecule has 0 radical (unpaired) electrons. The first kappa shape index (κ1) is 27.9. The number of benzene rings is 6. The van der Waals surface area contributed by atoms with Gasteiger partial charge in [-0.15, -0.1) is 0 Å². The van der Waals surface area contributed by atoms with Crippen molar-refractivity contribution in [2.75, 3.05) is 0 Å². The predicted octanol–water partition coefficient (Wildman–Crippen LogP) is 11.0. The summed E-state index contributed by atoms with van der Waals surface area (Å²) in [5.74, 6) is -0.952. The maximum absolute atomic E-state index is 13.6. The van der Waals surface area contributed by atoms with Crippen molar-refractivity contribution in [3.8, 4) is 55.6 Å². The normalized spacial score (nSPS) is 11.0. The Hall–Kier alpha value is -5.21. The van der Waals surface area contributed by atoms with Crippen molar-refractivity contribution in [3.63, 3.8) is 0 Å². The lowest BCUT2D eigenvalue weighted by molar-refractivity contribution is 0.0698. The molecule has 0 aliphatic carbocycles. The van der Waals surface area contributed by atoms with E-state index in [9.17, 15) is 9.90 Å². The fourth-order valence-electron chi connectivity index (χ4n) is 5.89. The number of rotatable bonds is 6. The molecule has 210 valence electrons. The molecule has 0 saturated heterocycles. The van der Waals surface area contributed by atoms with Crippen LogP contribution in [-0.4, -0.2) is 11.1 Å². The summed E-state index contributed by atoms with van der Waals surface area (Å²) in [7, 11) is 0. The van der Waals surface area contributed by atoms with E-state index in [1.807, 2.05) is 42.5 Å². The summed E-state index contributed by atoms with van der Waals surface area (Å²) in [5, 5.41) is 11.2. The van der Waals surface area contributed by atoms with Gasteiger partial charge in [-0.25, -0.2) is 4.79 Å². The van der Waals surface area contributed by atoms with Crippen LogP contribution in [0.3, 0.4) is 0 Å². The molecule has 1 N–H and O–H groups in total. The molecule has 0 aliphatic heterocycles. The highest BCUT2D eigenvalue weighted by atomic mass is 16.4. The van der Waals surface area contributed by atoms with Crippen LogP contribution in [0.1, 0.15) is 32.6 Å². The fourth-order valence-corrected chi connectivity index (χ4v) is 5.89. The standard InChI is InChI=1S/C41H34O2/c1-26-10-18-31(19-11-26)35-36(32-20-12-27(2)13-21-32)38(30-8-6-5-7-9-30)40(41(42)43)39(34-24-16-29(4)17-25-34)37(35)33-22-14-28(3)15-23-33/h5-25H,1-4H3,(H,42,43). The van der Waals surface area contributed by atoms with E-state index >= 15 is 0 Å². The average molecular weight is 559 g/mol. The van der Waals surface area contributed by atoms with Gasteiger partial charge in [0.25, 0.3) is 0 Å². The van der Waals surface area contributed by atoms with E-state index in [1.54, 1.807) is 0 Å². The Bertz CT molecular complexity index is 1910. The Morgan fingerprint density at radius 2 is 0.628 bits per heavy atom. The van der Waals surface area contributed by atoms with E-state index in [4.69, 9.17) is 0 Å². The van der Waals surface area contributed by atoms with Gasteiger partial charge >= 0.3 is 5.97 Å². The first-order valence-corrected chi connectivity index (χ1v) is 14.6. The highest BCUT2D eigenvalue weighted by Crippen LogP contribution is 2.52. The van der Waals surface area contributed by atoms with Crippen molar-refractivity contribution < 1.29 is 9.90 Å². The molecule has 6 aromatic carbocycles. The summed E-state index contributed by atoms with van der Waals surface area (Å²) >= 11 is 0. The third-order valence-corrected chi connectivity index (χ3v) is 8.14. The van der Waals surface area contributed by atoms with Crippen LogP contribution < -0.4 is 0 Å². The Balaban J connectivity index is 1.93. The van der Waals surface area contributed by atoms with Crippen LogP contribution >= 0.6 is 0 Å². The number of carbonyl (C=O) groups is 1. The summed E-state index contributed by atoms with van der Waals surface area (Å²) in [4.78, 5) is 13.6. The average Bonchev–Trinajstić information content (AvgIpc) is 3.02. The van der Waals surface area contributed by atoms with Crippen molar-refractivity contribution in [2.24, 2.45) is 0 Å². The summed E-state index contributed by atoms with van der Waals surface area (Å²) in [6.07, 6.45) is 0. The van der Waals surface area contributed by atoms with Crippen LogP contribution in [0.25, 0.3) is 55.6 Å². The highest BCUT2D eigenvalue weighted by Gasteiger charge is 2.31. The Morgan fingerprint density at radius 3 is 0.930 bits per heavy atom. The largest absolute Gasteiger partial charge is 0.478 e. The highest BCUT2D eigenvalue weighted by molar-refractivity contribution is 6.17. The zero-order valence-electron chi connectivity index (χ0n) is 25.0. The van der Waals surface area contributed by atoms with Crippen LogP contribution in [0.2, 0.25) is 0 Å². The van der Waals surface area contributed by atoms with E-state index in [0.29, 0.717) is 5.56 Å². The molecule has 0 spiro atoms. The quantitative estimate of drug-likeness (QED) is 0.221. The number of hydrogen-bond acceptors (Lipinski definition) is 1. The lowest BCUT2D eigenvalue weighted by Gasteiger charge is -2.27. The molecule has 2 nitrogen and oxygen atoms in total. The van der Waals surface area contributed by atoms with Gasteiger partial charge in [0.2, 0.25) is 0 Å². The molecule has 0 aromatic heterocycles. The SMILES string of the molecule is Cc1ccc(-c2c(C(=O)O)c(-c3ccccc3)c(-c3ccc(C)cc3)c(-c3ccc(C)cc3)c2-c2ccc(C)cc2)cc1. The van der Waals surface area contributed by atoms with Crippen LogP contribution in [0.5, 0.6) is 0 Å². The molecule has 0 saturated carbocycles. The van der Waals surface area contributed by atoms with E-state index in [0.717, 1.165) is 72.3 Å². The first-order valence-electron chi connectivity index (χ1n) is 14.6. The fraction of sp³-hybridized carbons (Fsp3) is 0.0976. The number of aryl methyl sites for hydroxylation is 4. The minimum Gasteiger partial charge on any atom is -0.478 e. The molecule has 6 rings (SSSR count). The van der Waals surface area contributed by atoms with Gasteiger partial charge in [-0.3, -0.25) is 0 Å². The molecule has 0 atom stereocenters. The maximum Gasteiger partial charge on any atom is 0.337 e. The van der Waals surface area contributed by atoms with E-state index in [2.05, 4.69) is 113 Å². The van der Waals surface area contributed by atoms with E-state index < -0.39 is 5.97 Å². The molecule has 0 heterocycles. The summed E-state index contributed by atoms with van der Waals surface area (Å²) in [6, 6.07) is 43.6. The molecule has 0 amide bonds. The van der Waals surface area contributed by atoms with Crippen molar-refractivity contribution in [2.45, 2.75) is 27.7 Å². The minimum atomic E-state index is -0.952. The van der Waals surface area contributed by atoms with Gasteiger partial charge in [0.05, 0.1) is 5.56 Å². The molecule has 0 aliphatic rings. The first-order chi connectivity index (χ1) is 20.8. The van der Waals surface area contributed by atoms with Crippen molar-refractivity contribution >= 4 is 5.97 Å². The van der Waals surface area contributed by atoms with Gasteiger partial charge < -0.3 is 5.11 Å². The number of carboxylic acids is 1. The molecule has 6 aromatic rings. The van der Waals surface area contributed by atoms with Gasteiger partial charge in [0, 0.05) is 11.1 Å². The van der Waals surface area contributed by atoms with Gasteiger partial charge in [-0.2, -0.15) is 0 Å². The number of hydrogen-bond donors (Lipinski definition) is 1. The monoisotopic (exact) mass is 558 g/mol. The smallest absolute Gasteiger partial charge is 0.337 e. The Labute approximate surface area is 253 Å². The van der Waals surface area contributed by atoms with Crippen molar-refractivity contribution in [3.05, 3.63) is 155 Å². The van der Waals surface area contributed by atoms with Crippen LogP contribution in [0, 0.1) is 27.7 Å². The van der Waals surface area contributed by atoms with Crippen LogP contribution in [0.15, 0.2) is 127 Å². The van der Waals surface area contributed by atoms with E-state index in [1.165, 1.54) is 5.56 Å². The molecule has 0 fully saturated rings. The zero-order valence-corrected chi connectivity index (χ0v) is 25.0. The lowest BCUT2D eigenvalue weighted by atomic mass is 9.75. The van der Waals surface area contributed by atoms with Gasteiger partial charge in [-0.1, -0.05) is 150 Å². The van der Waals surface area contributed by atoms with Gasteiger partial charge in [0.1, 0.15) is 0 Å². The maximum atomic E-state index is 13.6. The second-order valence-electron chi connectivity index (χ2n) is 11.4. The second-order valence-corrected chi connectivity index (χ2v) is 11.4. The number of aromatic carboxylic acids is 1. The lowest BCUT2D eigenvalue weighted by Crippen LogP contribution is -2.09. The molecule has 2 heteroatoms. The molecular formula is C41H34O2. The minimum absolute atomic E-state index is 0.303. The molecule has 43 heavy (non-hydrogen) atoms. The zero-order chi connectivity index (χ0) is 30.1. The summed E-state index contributed by atoms with van der Waals surface area (Å²) < 4.78 is 0.